The van der Waals surface area contributed by atoms with E-state index in [0.717, 1.165) is 22.3 Å². The average molecular weight is 518 g/mol. The van der Waals surface area contributed by atoms with Crippen molar-refractivity contribution in [2.45, 2.75) is 53.1 Å². The van der Waals surface area contributed by atoms with Crippen LogP contribution >= 0.6 is 11.6 Å². The van der Waals surface area contributed by atoms with Crippen LogP contribution in [0.5, 0.6) is 0 Å². The molecule has 0 saturated carbocycles. The van der Waals surface area contributed by atoms with Gasteiger partial charge >= 0.3 is 5.69 Å². The summed E-state index contributed by atoms with van der Waals surface area (Å²) in [5.41, 5.74) is 5.50. The van der Waals surface area contributed by atoms with Gasteiger partial charge in [0.05, 0.1) is 17.4 Å². The third-order valence-corrected chi connectivity index (χ3v) is 6.98. The topological polar surface area (TPSA) is 73.1 Å². The van der Waals surface area contributed by atoms with E-state index in [1.807, 2.05) is 50.2 Å². The van der Waals surface area contributed by atoms with Gasteiger partial charge in [-0.15, -0.1) is 0 Å². The van der Waals surface area contributed by atoms with Crippen LogP contribution in [-0.2, 0) is 24.3 Å². The lowest BCUT2D eigenvalue weighted by molar-refractivity contribution is -0.121. The molecule has 1 aromatic heterocycles. The maximum absolute atomic E-state index is 13.5. The number of hydrogen-bond acceptors (Lipinski definition) is 3. The van der Waals surface area contributed by atoms with E-state index in [0.29, 0.717) is 41.9 Å². The van der Waals surface area contributed by atoms with Crippen LogP contribution in [0.25, 0.3) is 10.9 Å². The van der Waals surface area contributed by atoms with Crippen LogP contribution in [0, 0.1) is 20.8 Å². The Morgan fingerprint density at radius 1 is 0.919 bits per heavy atom. The molecular weight excluding hydrogens is 486 g/mol. The zero-order valence-electron chi connectivity index (χ0n) is 21.5. The van der Waals surface area contributed by atoms with E-state index in [1.54, 1.807) is 16.7 Å². The zero-order chi connectivity index (χ0) is 26.5. The summed E-state index contributed by atoms with van der Waals surface area (Å²) in [5, 5.41) is 4.09. The van der Waals surface area contributed by atoms with E-state index in [-0.39, 0.29) is 30.1 Å². The van der Waals surface area contributed by atoms with Gasteiger partial charge in [-0.25, -0.2) is 4.79 Å². The first-order valence-corrected chi connectivity index (χ1v) is 12.9. The molecular formula is C30H32ClN3O3. The minimum absolute atomic E-state index is 0.103. The second-order valence-corrected chi connectivity index (χ2v) is 9.99. The van der Waals surface area contributed by atoms with E-state index < -0.39 is 0 Å². The number of carbonyl (C=O) groups excluding carboxylic acids is 1. The van der Waals surface area contributed by atoms with Crippen molar-refractivity contribution in [3.63, 3.8) is 0 Å². The fraction of sp³-hybridized carbons (Fsp3) is 0.300. The molecule has 0 spiro atoms. The Morgan fingerprint density at radius 3 is 2.30 bits per heavy atom. The van der Waals surface area contributed by atoms with Crippen molar-refractivity contribution in [1.82, 2.24) is 14.5 Å². The SMILES string of the molecule is Cc1cc(C)c(Cn2c(=O)n(CCCC(=O)NCCc3ccc(Cl)cc3)c(=O)c3ccccc32)c(C)c1. The number of nitrogens with one attached hydrogen (secondary N) is 1. The molecule has 1 amide bonds. The number of halogens is 1. The molecule has 1 heterocycles. The van der Waals surface area contributed by atoms with Gasteiger partial charge in [-0.05, 0) is 80.1 Å². The molecule has 37 heavy (non-hydrogen) atoms. The summed E-state index contributed by atoms with van der Waals surface area (Å²) in [4.78, 5) is 39.1. The molecule has 0 atom stereocenters. The molecule has 4 rings (SSSR count). The number of hydrogen-bond donors (Lipinski definition) is 1. The van der Waals surface area contributed by atoms with Crippen LogP contribution in [0.2, 0.25) is 5.02 Å². The fourth-order valence-electron chi connectivity index (χ4n) is 4.82. The van der Waals surface area contributed by atoms with E-state index in [2.05, 4.69) is 24.4 Å². The molecule has 0 aliphatic heterocycles. The molecule has 7 heteroatoms. The summed E-state index contributed by atoms with van der Waals surface area (Å²) >= 11 is 5.91. The number of nitrogens with zero attached hydrogens (tertiary/aromatic N) is 2. The first kappa shape index (κ1) is 26.4. The second-order valence-electron chi connectivity index (χ2n) is 9.55. The van der Waals surface area contributed by atoms with E-state index >= 15 is 0 Å². The Balaban J connectivity index is 1.49. The lowest BCUT2D eigenvalue weighted by atomic mass is 9.99. The summed E-state index contributed by atoms with van der Waals surface area (Å²) in [6.45, 7) is 7.22. The van der Waals surface area contributed by atoms with E-state index in [9.17, 15) is 14.4 Å². The molecule has 0 unspecified atom stereocenters. The normalized spacial score (nSPS) is 11.1. The number of aryl methyl sites for hydroxylation is 3. The molecule has 0 aliphatic carbocycles. The predicted octanol–water partition coefficient (Wildman–Crippen LogP) is 4.93. The maximum Gasteiger partial charge on any atom is 0.331 e. The molecule has 6 nitrogen and oxygen atoms in total. The van der Waals surface area contributed by atoms with Crippen molar-refractivity contribution >= 4 is 28.4 Å². The summed E-state index contributed by atoms with van der Waals surface area (Å²) < 4.78 is 2.94. The Labute approximate surface area is 221 Å². The predicted molar refractivity (Wildman–Crippen MR) is 150 cm³/mol. The third kappa shape index (κ3) is 6.20. The van der Waals surface area contributed by atoms with Crippen molar-refractivity contribution < 1.29 is 4.79 Å². The van der Waals surface area contributed by atoms with Gasteiger partial charge in [-0.2, -0.15) is 0 Å². The first-order chi connectivity index (χ1) is 17.7. The number of para-hydroxylation sites is 1. The van der Waals surface area contributed by atoms with Crippen LogP contribution in [0.1, 0.15) is 40.7 Å². The highest BCUT2D eigenvalue weighted by Gasteiger charge is 2.15. The fourth-order valence-corrected chi connectivity index (χ4v) is 4.95. The summed E-state index contributed by atoms with van der Waals surface area (Å²) in [6.07, 6.45) is 1.33. The van der Waals surface area contributed by atoms with Gasteiger partial charge in [0.2, 0.25) is 5.91 Å². The number of benzene rings is 3. The molecule has 1 N–H and O–H groups in total. The number of carbonyl (C=O) groups is 1. The third-order valence-electron chi connectivity index (χ3n) is 6.72. The average Bonchev–Trinajstić information content (AvgIpc) is 2.86. The summed E-state index contributed by atoms with van der Waals surface area (Å²) in [7, 11) is 0. The number of rotatable bonds is 9. The lowest BCUT2D eigenvalue weighted by Crippen LogP contribution is -2.40. The van der Waals surface area contributed by atoms with Gasteiger partial charge in [0.15, 0.2) is 0 Å². The minimum atomic E-state index is -0.355. The standard InChI is InChI=1S/C30H32ClN3O3/c1-20-17-21(2)26(22(3)18-20)19-34-27-8-5-4-7-25(27)29(36)33(30(34)37)16-6-9-28(35)32-15-14-23-10-12-24(31)13-11-23/h4-5,7-8,10-13,17-18H,6,9,14-16,19H2,1-3H3,(H,32,35). The first-order valence-electron chi connectivity index (χ1n) is 12.5. The van der Waals surface area contributed by atoms with Crippen LogP contribution < -0.4 is 16.6 Å². The Kier molecular flexibility index (Phi) is 8.29. The van der Waals surface area contributed by atoms with Crippen molar-refractivity contribution in [1.29, 1.82) is 0 Å². The Hall–Kier alpha value is -3.64. The molecule has 3 aromatic carbocycles. The van der Waals surface area contributed by atoms with E-state index in [1.165, 1.54) is 10.1 Å². The molecule has 0 radical (unpaired) electrons. The zero-order valence-corrected chi connectivity index (χ0v) is 22.3. The molecule has 0 saturated heterocycles. The molecule has 0 fully saturated rings. The van der Waals surface area contributed by atoms with Crippen molar-refractivity contribution in [2.75, 3.05) is 6.54 Å². The maximum atomic E-state index is 13.5. The van der Waals surface area contributed by atoms with E-state index in [4.69, 9.17) is 11.6 Å². The highest BCUT2D eigenvalue weighted by molar-refractivity contribution is 6.30. The molecule has 192 valence electrons. The number of fused-ring (bicyclic) bond motifs is 1. The van der Waals surface area contributed by atoms with Crippen LogP contribution in [0.15, 0.2) is 70.3 Å². The van der Waals surface area contributed by atoms with Crippen molar-refractivity contribution in [2.24, 2.45) is 0 Å². The highest BCUT2D eigenvalue weighted by Crippen LogP contribution is 2.19. The van der Waals surface area contributed by atoms with Crippen LogP contribution in [0.3, 0.4) is 0 Å². The summed E-state index contributed by atoms with van der Waals surface area (Å²) in [6, 6.07) is 19.0. The van der Waals surface area contributed by atoms with Crippen LogP contribution in [0.4, 0.5) is 0 Å². The number of aromatic nitrogens is 2. The monoisotopic (exact) mass is 517 g/mol. The van der Waals surface area contributed by atoms with Gasteiger partial charge < -0.3 is 5.32 Å². The van der Waals surface area contributed by atoms with Crippen molar-refractivity contribution in [3.05, 3.63) is 114 Å². The van der Waals surface area contributed by atoms with Gasteiger partial charge in [-0.3, -0.25) is 18.7 Å². The molecule has 4 aromatic rings. The van der Waals surface area contributed by atoms with Gasteiger partial charge in [0, 0.05) is 24.5 Å². The quantitative estimate of drug-likeness (QED) is 0.342. The molecule has 0 aliphatic rings. The smallest absolute Gasteiger partial charge is 0.331 e. The largest absolute Gasteiger partial charge is 0.356 e. The Bertz CT molecular complexity index is 1530. The van der Waals surface area contributed by atoms with Gasteiger partial charge in [0.25, 0.3) is 5.56 Å². The second kappa shape index (κ2) is 11.6. The Morgan fingerprint density at radius 2 is 1.59 bits per heavy atom. The van der Waals surface area contributed by atoms with Crippen LogP contribution in [-0.4, -0.2) is 21.6 Å². The lowest BCUT2D eigenvalue weighted by Gasteiger charge is -2.17. The number of amides is 1. The minimum Gasteiger partial charge on any atom is -0.356 e. The van der Waals surface area contributed by atoms with Gasteiger partial charge in [0.1, 0.15) is 0 Å². The van der Waals surface area contributed by atoms with Crippen molar-refractivity contribution in [3.8, 4) is 0 Å². The van der Waals surface area contributed by atoms with Gasteiger partial charge in [-0.1, -0.05) is 53.6 Å². The highest BCUT2D eigenvalue weighted by atomic mass is 35.5. The molecule has 0 bridgehead atoms. The summed E-state index contributed by atoms with van der Waals surface area (Å²) in [5.74, 6) is -0.103.